The van der Waals surface area contributed by atoms with Crippen molar-refractivity contribution in [2.75, 3.05) is 30.6 Å². The summed E-state index contributed by atoms with van der Waals surface area (Å²) in [6.45, 7) is 0.425. The molecule has 0 spiro atoms. The number of amides is 3. The summed E-state index contributed by atoms with van der Waals surface area (Å²) in [6.07, 6.45) is 6.18. The molecule has 0 unspecified atom stereocenters. The van der Waals surface area contributed by atoms with Crippen LogP contribution in [-0.2, 0) is 25.6 Å². The van der Waals surface area contributed by atoms with E-state index in [4.69, 9.17) is 11.5 Å². The number of unbranched alkanes of at least 4 members (excludes halogenated alkanes) is 1. The van der Waals surface area contributed by atoms with Crippen LogP contribution in [0.4, 0.5) is 0 Å². The molecule has 1 aromatic carbocycles. The lowest BCUT2D eigenvalue weighted by Gasteiger charge is -2.25. The van der Waals surface area contributed by atoms with Crippen molar-refractivity contribution >= 4 is 47.2 Å². The number of carboxylic acid groups (broad SMARTS) is 1. The predicted octanol–water partition coefficient (Wildman–Crippen LogP) is 0.731. The fourth-order valence-corrected chi connectivity index (χ4v) is 4.47. The summed E-state index contributed by atoms with van der Waals surface area (Å²) in [5.74, 6) is -1.45. The summed E-state index contributed by atoms with van der Waals surface area (Å²) >= 11 is 3.05. The van der Waals surface area contributed by atoms with E-state index in [1.807, 2.05) is 42.8 Å². The Labute approximate surface area is 227 Å². The first-order valence-electron chi connectivity index (χ1n) is 12.3. The summed E-state index contributed by atoms with van der Waals surface area (Å²) < 4.78 is 0. The van der Waals surface area contributed by atoms with Gasteiger partial charge in [-0.2, -0.15) is 23.5 Å². The van der Waals surface area contributed by atoms with Gasteiger partial charge < -0.3 is 32.5 Å². The molecule has 0 aliphatic carbocycles. The van der Waals surface area contributed by atoms with Crippen molar-refractivity contribution in [1.82, 2.24) is 16.0 Å². The first kappa shape index (κ1) is 32.7. The third kappa shape index (κ3) is 13.2. The number of benzene rings is 1. The van der Waals surface area contributed by atoms with Crippen molar-refractivity contribution in [1.29, 1.82) is 0 Å². The molecule has 37 heavy (non-hydrogen) atoms. The Morgan fingerprint density at radius 2 is 1.38 bits per heavy atom. The maximum atomic E-state index is 13.4. The quantitative estimate of drug-likeness (QED) is 0.134. The average Bonchev–Trinajstić information content (AvgIpc) is 2.88. The van der Waals surface area contributed by atoms with Gasteiger partial charge in [-0.05, 0) is 68.2 Å². The fraction of sp³-hybridized carbons (Fsp3) is 0.600. The maximum absolute atomic E-state index is 13.4. The summed E-state index contributed by atoms with van der Waals surface area (Å²) in [6, 6.07) is 5.42. The summed E-state index contributed by atoms with van der Waals surface area (Å²) in [5, 5.41) is 17.5. The van der Waals surface area contributed by atoms with Gasteiger partial charge in [0, 0.05) is 6.42 Å². The van der Waals surface area contributed by atoms with Gasteiger partial charge in [0.15, 0.2) is 0 Å². The Bertz CT molecular complexity index is 846. The summed E-state index contributed by atoms with van der Waals surface area (Å²) in [7, 11) is 0. The second-order valence-electron chi connectivity index (χ2n) is 8.67. The second kappa shape index (κ2) is 18.9. The fourth-order valence-electron chi connectivity index (χ4n) is 3.51. The molecule has 12 heteroatoms. The van der Waals surface area contributed by atoms with Gasteiger partial charge in [0.05, 0.1) is 6.04 Å². The van der Waals surface area contributed by atoms with Gasteiger partial charge in [-0.25, -0.2) is 4.79 Å². The van der Waals surface area contributed by atoms with E-state index >= 15 is 0 Å². The molecular weight excluding hydrogens is 514 g/mol. The molecule has 0 bridgehead atoms. The number of carbonyl (C=O) groups is 4. The maximum Gasteiger partial charge on any atom is 0.326 e. The minimum atomic E-state index is -1.14. The molecular formula is C25H41N5O5S2. The number of aliphatic carboxylic acids is 1. The van der Waals surface area contributed by atoms with Gasteiger partial charge in [-0.15, -0.1) is 0 Å². The molecule has 0 aliphatic heterocycles. The van der Waals surface area contributed by atoms with Gasteiger partial charge in [0.25, 0.3) is 0 Å². The molecule has 0 heterocycles. The highest BCUT2D eigenvalue weighted by Gasteiger charge is 2.30. The van der Waals surface area contributed by atoms with Gasteiger partial charge in [-0.1, -0.05) is 30.3 Å². The number of nitrogens with two attached hydrogens (primary N) is 2. The summed E-state index contributed by atoms with van der Waals surface area (Å²) in [5.41, 5.74) is 12.4. The van der Waals surface area contributed by atoms with Crippen molar-refractivity contribution in [2.45, 2.75) is 62.7 Å². The molecule has 0 aliphatic rings. The van der Waals surface area contributed by atoms with E-state index in [1.165, 1.54) is 11.8 Å². The van der Waals surface area contributed by atoms with Crippen LogP contribution >= 0.6 is 23.5 Å². The van der Waals surface area contributed by atoms with Crippen LogP contribution in [-0.4, -0.2) is 83.5 Å². The van der Waals surface area contributed by atoms with Gasteiger partial charge >= 0.3 is 5.97 Å². The van der Waals surface area contributed by atoms with E-state index in [2.05, 4.69) is 16.0 Å². The van der Waals surface area contributed by atoms with E-state index in [0.717, 1.165) is 5.56 Å². The molecule has 1 aromatic rings. The molecule has 8 N–H and O–H groups in total. The number of nitrogens with one attached hydrogen (secondary N) is 3. The topological polar surface area (TPSA) is 177 Å². The Morgan fingerprint density at radius 3 is 1.97 bits per heavy atom. The third-order valence-corrected chi connectivity index (χ3v) is 6.98. The van der Waals surface area contributed by atoms with Crippen molar-refractivity contribution < 1.29 is 24.3 Å². The highest BCUT2D eigenvalue weighted by molar-refractivity contribution is 7.98. The normalized spacial score (nSPS) is 14.2. The van der Waals surface area contributed by atoms with Crippen molar-refractivity contribution in [3.8, 4) is 0 Å². The molecule has 10 nitrogen and oxygen atoms in total. The highest BCUT2D eigenvalue weighted by Crippen LogP contribution is 2.09. The number of thioether (sulfide) groups is 2. The molecule has 208 valence electrons. The van der Waals surface area contributed by atoms with Gasteiger partial charge in [0.1, 0.15) is 18.1 Å². The Hall–Kier alpha value is -2.28. The number of hydrogen-bond acceptors (Lipinski definition) is 8. The Balaban J connectivity index is 3.06. The van der Waals surface area contributed by atoms with Crippen LogP contribution in [0.1, 0.15) is 37.7 Å². The monoisotopic (exact) mass is 555 g/mol. The summed E-state index contributed by atoms with van der Waals surface area (Å²) in [4.78, 5) is 50.8. The molecule has 0 radical (unpaired) electrons. The van der Waals surface area contributed by atoms with Crippen molar-refractivity contribution in [2.24, 2.45) is 11.5 Å². The largest absolute Gasteiger partial charge is 0.480 e. The van der Waals surface area contributed by atoms with Crippen LogP contribution in [0.3, 0.4) is 0 Å². The zero-order valence-corrected chi connectivity index (χ0v) is 23.2. The van der Waals surface area contributed by atoms with E-state index in [-0.39, 0.29) is 19.3 Å². The first-order valence-corrected chi connectivity index (χ1v) is 15.1. The van der Waals surface area contributed by atoms with Crippen molar-refractivity contribution in [3.05, 3.63) is 35.9 Å². The average molecular weight is 556 g/mol. The van der Waals surface area contributed by atoms with Crippen LogP contribution in [0.25, 0.3) is 0 Å². The molecule has 3 amide bonds. The SMILES string of the molecule is CSCC[C@H](NC(=O)[C@H](CCCCN)NC(=O)[C@H](Cc1ccccc1)NC(=O)[C@@H](N)CCSC)C(=O)O. The van der Waals surface area contributed by atoms with Crippen LogP contribution in [0.5, 0.6) is 0 Å². The van der Waals surface area contributed by atoms with E-state index in [9.17, 15) is 24.3 Å². The molecule has 0 fully saturated rings. The first-order chi connectivity index (χ1) is 17.7. The van der Waals surface area contributed by atoms with Gasteiger partial charge in [0.2, 0.25) is 17.7 Å². The van der Waals surface area contributed by atoms with Crippen LogP contribution in [0.15, 0.2) is 30.3 Å². The highest BCUT2D eigenvalue weighted by atomic mass is 32.2. The standard InChI is InChI=1S/C25H41N5O5S2/c1-36-14-11-18(27)22(31)30-21(16-17-8-4-3-5-9-17)24(33)28-19(10-6-7-13-26)23(32)29-20(25(34)35)12-15-37-2/h3-5,8-9,18-21H,6-7,10-16,26-27H2,1-2H3,(H,28,33)(H,29,32)(H,30,31)(H,34,35)/t18-,19-,20-,21-/m0/s1. The molecule has 4 atom stereocenters. The smallest absolute Gasteiger partial charge is 0.326 e. The minimum Gasteiger partial charge on any atom is -0.480 e. The zero-order valence-electron chi connectivity index (χ0n) is 21.6. The number of hydrogen-bond donors (Lipinski definition) is 6. The molecule has 0 saturated heterocycles. The third-order valence-electron chi connectivity index (χ3n) is 5.69. The van der Waals surface area contributed by atoms with E-state index in [0.29, 0.717) is 37.3 Å². The van der Waals surface area contributed by atoms with Gasteiger partial charge in [-0.3, -0.25) is 14.4 Å². The minimum absolute atomic E-state index is 0.205. The lowest BCUT2D eigenvalue weighted by molar-refractivity contribution is -0.142. The molecule has 0 saturated carbocycles. The predicted molar refractivity (Wildman–Crippen MR) is 150 cm³/mol. The van der Waals surface area contributed by atoms with E-state index < -0.39 is 47.9 Å². The van der Waals surface area contributed by atoms with E-state index in [1.54, 1.807) is 11.8 Å². The number of rotatable bonds is 19. The molecule has 1 rings (SSSR count). The number of carboxylic acids is 1. The second-order valence-corrected chi connectivity index (χ2v) is 10.6. The Morgan fingerprint density at radius 1 is 0.811 bits per heavy atom. The van der Waals surface area contributed by atoms with Crippen LogP contribution in [0.2, 0.25) is 0 Å². The lowest BCUT2D eigenvalue weighted by Crippen LogP contribution is -2.57. The number of carbonyl (C=O) groups excluding carboxylic acids is 3. The van der Waals surface area contributed by atoms with Crippen LogP contribution in [0, 0.1) is 0 Å². The lowest BCUT2D eigenvalue weighted by atomic mass is 10.0. The molecule has 0 aromatic heterocycles. The Kier molecular flexibility index (Phi) is 16.7. The van der Waals surface area contributed by atoms with Crippen LogP contribution < -0.4 is 27.4 Å². The van der Waals surface area contributed by atoms with Crippen molar-refractivity contribution in [3.63, 3.8) is 0 Å². The zero-order chi connectivity index (χ0) is 27.6.